The number of sulfonamides is 1. The number of methoxy groups -OCH3 is 1. The molecule has 0 amide bonds. The largest absolute Gasteiger partial charge is 0.496 e. The van der Waals surface area contributed by atoms with Crippen LogP contribution in [0.5, 0.6) is 5.75 Å². The third-order valence-electron chi connectivity index (χ3n) is 2.76. The van der Waals surface area contributed by atoms with E-state index in [1.165, 1.54) is 31.5 Å². The van der Waals surface area contributed by atoms with Crippen LogP contribution in [-0.4, -0.2) is 36.8 Å². The molecule has 1 heterocycles. The van der Waals surface area contributed by atoms with Crippen LogP contribution in [0.25, 0.3) is 0 Å². The second-order valence-corrected chi connectivity index (χ2v) is 5.84. The number of carbonyl (C=O) groups is 1. The molecule has 3 N–H and O–H groups in total. The van der Waals surface area contributed by atoms with Gasteiger partial charge in [0.15, 0.2) is 0 Å². The van der Waals surface area contributed by atoms with E-state index in [-0.39, 0.29) is 21.9 Å². The second kappa shape index (κ2) is 5.44. The SMILES string of the molecule is COc1cc(NS(=O)(=O)c2cn[nH]c2C)ccc1C(=O)O. The highest BCUT2D eigenvalue weighted by atomic mass is 32.2. The van der Waals surface area contributed by atoms with Crippen LogP contribution < -0.4 is 9.46 Å². The minimum atomic E-state index is -3.81. The zero-order chi connectivity index (χ0) is 15.6. The molecule has 0 bridgehead atoms. The van der Waals surface area contributed by atoms with Crippen molar-refractivity contribution in [2.45, 2.75) is 11.8 Å². The van der Waals surface area contributed by atoms with Gasteiger partial charge in [-0.1, -0.05) is 0 Å². The summed E-state index contributed by atoms with van der Waals surface area (Å²) in [5.41, 5.74) is 0.536. The first-order chi connectivity index (χ1) is 9.85. The number of ether oxygens (including phenoxy) is 1. The molecule has 0 spiro atoms. The van der Waals surface area contributed by atoms with Gasteiger partial charge in [-0.25, -0.2) is 13.2 Å². The summed E-state index contributed by atoms with van der Waals surface area (Å²) in [6.45, 7) is 1.58. The molecule has 9 heteroatoms. The van der Waals surface area contributed by atoms with Crippen LogP contribution in [0.4, 0.5) is 5.69 Å². The summed E-state index contributed by atoms with van der Waals surface area (Å²) >= 11 is 0. The normalized spacial score (nSPS) is 11.1. The summed E-state index contributed by atoms with van der Waals surface area (Å²) < 4.78 is 31.6. The third kappa shape index (κ3) is 2.97. The molecular formula is C12H13N3O5S. The number of hydrogen-bond donors (Lipinski definition) is 3. The highest BCUT2D eigenvalue weighted by molar-refractivity contribution is 7.92. The van der Waals surface area contributed by atoms with Gasteiger partial charge in [0.2, 0.25) is 0 Å². The Kier molecular flexibility index (Phi) is 3.85. The van der Waals surface area contributed by atoms with Crippen molar-refractivity contribution < 1.29 is 23.1 Å². The molecule has 0 saturated carbocycles. The van der Waals surface area contributed by atoms with E-state index in [4.69, 9.17) is 9.84 Å². The molecule has 0 atom stereocenters. The number of carboxylic acid groups (broad SMARTS) is 1. The van der Waals surface area contributed by atoms with E-state index in [2.05, 4.69) is 14.9 Å². The van der Waals surface area contributed by atoms with Crippen LogP contribution >= 0.6 is 0 Å². The Morgan fingerprint density at radius 2 is 2.14 bits per heavy atom. The molecule has 0 unspecified atom stereocenters. The van der Waals surface area contributed by atoms with Crippen LogP contribution in [0.2, 0.25) is 0 Å². The summed E-state index contributed by atoms with van der Waals surface area (Å²) in [5.74, 6) is -1.10. The van der Waals surface area contributed by atoms with Crippen LogP contribution in [-0.2, 0) is 10.0 Å². The maximum atomic E-state index is 12.2. The molecule has 0 aliphatic rings. The van der Waals surface area contributed by atoms with Crippen molar-refractivity contribution in [2.24, 2.45) is 0 Å². The molecule has 2 aromatic rings. The molecule has 1 aromatic heterocycles. The van der Waals surface area contributed by atoms with Gasteiger partial charge >= 0.3 is 5.97 Å². The Hall–Kier alpha value is -2.55. The van der Waals surface area contributed by atoms with Crippen molar-refractivity contribution in [2.75, 3.05) is 11.8 Å². The van der Waals surface area contributed by atoms with Gasteiger partial charge in [-0.2, -0.15) is 5.10 Å². The predicted octanol–water partition coefficient (Wildman–Crippen LogP) is 1.23. The van der Waals surface area contributed by atoms with E-state index in [0.29, 0.717) is 5.69 Å². The maximum Gasteiger partial charge on any atom is 0.339 e. The molecule has 112 valence electrons. The summed E-state index contributed by atoms with van der Waals surface area (Å²) in [6, 6.07) is 3.91. The molecular weight excluding hydrogens is 298 g/mol. The Labute approximate surface area is 120 Å². The molecule has 1 aromatic carbocycles. The molecule has 8 nitrogen and oxygen atoms in total. The number of nitrogens with zero attached hydrogens (tertiary/aromatic N) is 1. The number of H-pyrrole nitrogens is 1. The number of anilines is 1. The molecule has 2 rings (SSSR count). The number of benzene rings is 1. The van der Waals surface area contributed by atoms with E-state index in [1.807, 2.05) is 0 Å². The number of aromatic amines is 1. The standard InChI is InChI=1S/C12H13N3O5S/c1-7-11(6-13-14-7)21(18,19)15-8-3-4-9(12(16)17)10(5-8)20-2/h3-6,15H,1-2H3,(H,13,14)(H,16,17). The van der Waals surface area contributed by atoms with Crippen molar-refractivity contribution in [3.05, 3.63) is 35.7 Å². The van der Waals surface area contributed by atoms with Gasteiger partial charge in [-0.05, 0) is 19.1 Å². The van der Waals surface area contributed by atoms with Gasteiger partial charge in [0.1, 0.15) is 16.2 Å². The Balaban J connectivity index is 2.36. The highest BCUT2D eigenvalue weighted by Gasteiger charge is 2.20. The number of nitrogens with one attached hydrogen (secondary N) is 2. The van der Waals surface area contributed by atoms with E-state index in [9.17, 15) is 13.2 Å². The van der Waals surface area contributed by atoms with Crippen LogP contribution in [0.15, 0.2) is 29.3 Å². The van der Waals surface area contributed by atoms with Crippen molar-refractivity contribution in [3.8, 4) is 5.75 Å². The summed E-state index contributed by atoms with van der Waals surface area (Å²) in [7, 11) is -2.50. The van der Waals surface area contributed by atoms with Crippen molar-refractivity contribution >= 4 is 21.7 Å². The van der Waals surface area contributed by atoms with E-state index in [1.54, 1.807) is 6.92 Å². The predicted molar refractivity (Wildman–Crippen MR) is 74.1 cm³/mol. The van der Waals surface area contributed by atoms with E-state index < -0.39 is 16.0 Å². The lowest BCUT2D eigenvalue weighted by molar-refractivity contribution is 0.0693. The van der Waals surface area contributed by atoms with Crippen molar-refractivity contribution in [1.29, 1.82) is 0 Å². The first kappa shape index (κ1) is 14.9. The average molecular weight is 311 g/mol. The van der Waals surface area contributed by atoms with Gasteiger partial charge in [0.05, 0.1) is 24.7 Å². The monoisotopic (exact) mass is 311 g/mol. The molecule has 0 aliphatic carbocycles. The fraction of sp³-hybridized carbons (Fsp3) is 0.167. The van der Waals surface area contributed by atoms with E-state index >= 15 is 0 Å². The first-order valence-corrected chi connectivity index (χ1v) is 7.27. The Morgan fingerprint density at radius 1 is 1.43 bits per heavy atom. The topological polar surface area (TPSA) is 121 Å². The zero-order valence-corrected chi connectivity index (χ0v) is 12.1. The minimum Gasteiger partial charge on any atom is -0.496 e. The Morgan fingerprint density at radius 3 is 2.67 bits per heavy atom. The fourth-order valence-electron chi connectivity index (χ4n) is 1.75. The summed E-state index contributed by atoms with van der Waals surface area (Å²) in [5, 5.41) is 15.2. The van der Waals surface area contributed by atoms with Gasteiger partial charge < -0.3 is 9.84 Å². The van der Waals surface area contributed by atoms with Crippen LogP contribution in [0.1, 0.15) is 16.1 Å². The maximum absolute atomic E-state index is 12.2. The van der Waals surface area contributed by atoms with Crippen molar-refractivity contribution in [1.82, 2.24) is 10.2 Å². The highest BCUT2D eigenvalue weighted by Crippen LogP contribution is 2.25. The second-order valence-electron chi connectivity index (χ2n) is 4.18. The number of aromatic nitrogens is 2. The van der Waals surface area contributed by atoms with E-state index in [0.717, 1.165) is 0 Å². The molecule has 21 heavy (non-hydrogen) atoms. The molecule has 0 aliphatic heterocycles. The number of aryl methyl sites for hydroxylation is 1. The van der Waals surface area contributed by atoms with Crippen molar-refractivity contribution in [3.63, 3.8) is 0 Å². The number of aromatic carboxylic acids is 1. The lowest BCUT2D eigenvalue weighted by Crippen LogP contribution is -2.13. The van der Waals surface area contributed by atoms with Gasteiger partial charge in [-0.3, -0.25) is 9.82 Å². The Bertz CT molecular complexity index is 782. The molecule has 0 radical (unpaired) electrons. The lowest BCUT2D eigenvalue weighted by atomic mass is 10.2. The van der Waals surface area contributed by atoms with Crippen LogP contribution in [0, 0.1) is 6.92 Å². The lowest BCUT2D eigenvalue weighted by Gasteiger charge is -2.10. The number of carboxylic acids is 1. The quantitative estimate of drug-likeness (QED) is 0.763. The van der Waals surface area contributed by atoms with Gasteiger partial charge in [-0.15, -0.1) is 0 Å². The molecule has 0 fully saturated rings. The smallest absolute Gasteiger partial charge is 0.339 e. The summed E-state index contributed by atoms with van der Waals surface area (Å²) in [4.78, 5) is 11.0. The summed E-state index contributed by atoms with van der Waals surface area (Å²) in [6.07, 6.45) is 1.19. The number of rotatable bonds is 5. The van der Waals surface area contributed by atoms with Gasteiger partial charge in [0, 0.05) is 6.07 Å². The minimum absolute atomic E-state index is 0.0174. The first-order valence-electron chi connectivity index (χ1n) is 5.79. The number of hydrogen-bond acceptors (Lipinski definition) is 5. The van der Waals surface area contributed by atoms with Gasteiger partial charge in [0.25, 0.3) is 10.0 Å². The van der Waals surface area contributed by atoms with Crippen LogP contribution in [0.3, 0.4) is 0 Å². The third-order valence-corrected chi connectivity index (χ3v) is 4.25. The average Bonchev–Trinajstić information content (AvgIpc) is 2.85. The molecule has 0 saturated heterocycles. The fourth-order valence-corrected chi connectivity index (χ4v) is 2.94. The zero-order valence-electron chi connectivity index (χ0n) is 11.2.